The van der Waals surface area contributed by atoms with Crippen molar-refractivity contribution in [3.8, 4) is 0 Å². The Morgan fingerprint density at radius 2 is 1.50 bits per heavy atom. The summed E-state index contributed by atoms with van der Waals surface area (Å²) in [6, 6.07) is 23.6. The van der Waals surface area contributed by atoms with Crippen molar-refractivity contribution >= 4 is 10.9 Å². The van der Waals surface area contributed by atoms with Gasteiger partial charge < -0.3 is 10.5 Å². The van der Waals surface area contributed by atoms with Crippen molar-refractivity contribution in [1.82, 2.24) is 9.66 Å². The second-order valence-corrected chi connectivity index (χ2v) is 9.53. The van der Waals surface area contributed by atoms with E-state index in [1.165, 1.54) is 15.8 Å². The van der Waals surface area contributed by atoms with Crippen LogP contribution in [0, 0.1) is 5.41 Å². The highest BCUT2D eigenvalue weighted by Crippen LogP contribution is 2.36. The Hall–Kier alpha value is -3.44. The van der Waals surface area contributed by atoms with Gasteiger partial charge in [0.25, 0.3) is 5.56 Å². The number of nitrogens with one attached hydrogen (secondary N) is 1. The highest BCUT2D eigenvalue weighted by Gasteiger charge is 2.31. The third-order valence-electron chi connectivity index (χ3n) is 6.24. The molecule has 32 heavy (non-hydrogen) atoms. The molecule has 1 aliphatic carbocycles. The Labute approximate surface area is 187 Å². The number of nitrogens with zero attached hydrogens (tertiary/aromatic N) is 2. The molecule has 1 heterocycles. The van der Waals surface area contributed by atoms with Gasteiger partial charge in [-0.1, -0.05) is 81.4 Å². The fourth-order valence-electron chi connectivity index (χ4n) is 4.44. The van der Waals surface area contributed by atoms with Gasteiger partial charge in [-0.2, -0.15) is 0 Å². The van der Waals surface area contributed by atoms with E-state index in [4.69, 9.17) is 4.98 Å². The smallest absolute Gasteiger partial charge is 0.280 e. The van der Waals surface area contributed by atoms with Gasteiger partial charge in [-0.3, -0.25) is 4.79 Å². The summed E-state index contributed by atoms with van der Waals surface area (Å²) >= 11 is 0. The first-order valence-corrected chi connectivity index (χ1v) is 11.0. The SMILES string of the molecule is CC(C)(C)[C@H](O)c1nc2ccccc2c(=O)n1NC1c2ccccc2Cc2ccccc21. The van der Waals surface area contributed by atoms with Crippen LogP contribution in [0.4, 0.5) is 0 Å². The van der Waals surface area contributed by atoms with Crippen LogP contribution in [0.3, 0.4) is 0 Å². The monoisotopic (exact) mass is 425 g/mol. The molecule has 0 amide bonds. The van der Waals surface area contributed by atoms with Gasteiger partial charge in [-0.05, 0) is 46.2 Å². The molecule has 4 aromatic rings. The molecule has 1 atom stereocenters. The van der Waals surface area contributed by atoms with E-state index in [-0.39, 0.29) is 11.6 Å². The minimum absolute atomic E-state index is 0.213. The van der Waals surface area contributed by atoms with E-state index >= 15 is 0 Å². The van der Waals surface area contributed by atoms with Gasteiger partial charge >= 0.3 is 0 Å². The maximum absolute atomic E-state index is 13.6. The second kappa shape index (κ2) is 7.61. The summed E-state index contributed by atoms with van der Waals surface area (Å²) in [5, 5.41) is 11.7. The summed E-state index contributed by atoms with van der Waals surface area (Å²) in [5.74, 6) is 0.321. The van der Waals surface area contributed by atoms with Gasteiger partial charge in [0.15, 0.2) is 5.82 Å². The predicted octanol–water partition coefficient (Wildman–Crippen LogP) is 4.71. The summed E-state index contributed by atoms with van der Waals surface area (Å²) in [6.45, 7) is 5.82. The van der Waals surface area contributed by atoms with E-state index in [1.807, 2.05) is 63.2 Å². The van der Waals surface area contributed by atoms with Crippen molar-refractivity contribution in [2.45, 2.75) is 39.3 Å². The standard InChI is InChI=1S/C27H27N3O2/c1-27(2,3)24(31)25-28-22-15-9-8-14-21(22)26(32)30(25)29-23-19-12-6-4-10-17(19)16-18-11-5-7-13-20(18)23/h4-15,23-24,29,31H,16H2,1-3H3/t24-/m1/s1. The number of aliphatic hydroxyl groups is 1. The highest BCUT2D eigenvalue weighted by atomic mass is 16.3. The van der Waals surface area contributed by atoms with Crippen molar-refractivity contribution < 1.29 is 5.11 Å². The molecule has 5 heteroatoms. The molecule has 162 valence electrons. The average molecular weight is 426 g/mol. The van der Waals surface area contributed by atoms with Crippen LogP contribution in [-0.2, 0) is 6.42 Å². The number of rotatable bonds is 3. The number of aliphatic hydroxyl groups excluding tert-OH is 1. The van der Waals surface area contributed by atoms with Crippen molar-refractivity contribution in [2.24, 2.45) is 5.41 Å². The first-order chi connectivity index (χ1) is 15.3. The molecule has 0 spiro atoms. The van der Waals surface area contributed by atoms with Crippen LogP contribution < -0.4 is 11.0 Å². The summed E-state index contributed by atoms with van der Waals surface area (Å²) in [4.78, 5) is 18.4. The van der Waals surface area contributed by atoms with E-state index < -0.39 is 11.5 Å². The minimum Gasteiger partial charge on any atom is -0.385 e. The summed E-state index contributed by atoms with van der Waals surface area (Å²) < 4.78 is 1.46. The zero-order chi connectivity index (χ0) is 22.5. The molecule has 0 saturated heterocycles. The fraction of sp³-hybridized carbons (Fsp3) is 0.259. The third kappa shape index (κ3) is 3.39. The number of para-hydroxylation sites is 1. The quantitative estimate of drug-likeness (QED) is 0.499. The van der Waals surface area contributed by atoms with Crippen LogP contribution in [0.25, 0.3) is 10.9 Å². The number of aromatic nitrogens is 2. The molecule has 0 bridgehead atoms. The van der Waals surface area contributed by atoms with Crippen LogP contribution in [0.15, 0.2) is 77.6 Å². The Bertz CT molecular complexity index is 1320. The number of hydrogen-bond acceptors (Lipinski definition) is 4. The molecule has 0 aliphatic heterocycles. The predicted molar refractivity (Wildman–Crippen MR) is 127 cm³/mol. The molecule has 1 aromatic heterocycles. The fourth-order valence-corrected chi connectivity index (χ4v) is 4.44. The van der Waals surface area contributed by atoms with Gasteiger partial charge in [0.05, 0.1) is 16.9 Å². The first-order valence-electron chi connectivity index (χ1n) is 11.0. The Morgan fingerprint density at radius 1 is 0.938 bits per heavy atom. The number of benzene rings is 3. The Kier molecular flexibility index (Phi) is 4.86. The maximum Gasteiger partial charge on any atom is 0.280 e. The topological polar surface area (TPSA) is 67.2 Å². The molecule has 5 rings (SSSR count). The summed E-state index contributed by atoms with van der Waals surface area (Å²) in [7, 11) is 0. The minimum atomic E-state index is -0.929. The maximum atomic E-state index is 13.6. The molecule has 0 saturated carbocycles. The lowest BCUT2D eigenvalue weighted by Gasteiger charge is -2.33. The van der Waals surface area contributed by atoms with Gasteiger partial charge in [0, 0.05) is 0 Å². The molecule has 0 fully saturated rings. The van der Waals surface area contributed by atoms with Gasteiger partial charge in [-0.15, -0.1) is 0 Å². The highest BCUT2D eigenvalue weighted by molar-refractivity contribution is 5.77. The zero-order valence-electron chi connectivity index (χ0n) is 18.5. The molecule has 5 nitrogen and oxygen atoms in total. The molecular weight excluding hydrogens is 398 g/mol. The second-order valence-electron chi connectivity index (χ2n) is 9.53. The van der Waals surface area contributed by atoms with Crippen molar-refractivity contribution in [3.63, 3.8) is 0 Å². The van der Waals surface area contributed by atoms with Crippen LogP contribution >= 0.6 is 0 Å². The molecule has 3 aromatic carbocycles. The first kappa shape index (κ1) is 20.5. The van der Waals surface area contributed by atoms with Crippen molar-refractivity contribution in [2.75, 3.05) is 5.43 Å². The summed E-state index contributed by atoms with van der Waals surface area (Å²) in [5.41, 5.74) is 8.04. The lowest BCUT2D eigenvalue weighted by molar-refractivity contribution is 0.0517. The molecular formula is C27H27N3O2. The largest absolute Gasteiger partial charge is 0.385 e. The van der Waals surface area contributed by atoms with Gasteiger partial charge in [-0.25, -0.2) is 9.66 Å². The zero-order valence-corrected chi connectivity index (χ0v) is 18.5. The number of hydrogen-bond donors (Lipinski definition) is 2. The molecule has 0 unspecified atom stereocenters. The van der Waals surface area contributed by atoms with E-state index in [0.717, 1.165) is 17.5 Å². The normalized spacial score (nSPS) is 14.6. The van der Waals surface area contributed by atoms with Crippen LogP contribution in [0.1, 0.15) is 61.0 Å². The Morgan fingerprint density at radius 3 is 2.12 bits per heavy atom. The third-order valence-corrected chi connectivity index (χ3v) is 6.24. The van der Waals surface area contributed by atoms with Gasteiger partial charge in [0.2, 0.25) is 0 Å². The lowest BCUT2D eigenvalue weighted by Crippen LogP contribution is -2.39. The summed E-state index contributed by atoms with van der Waals surface area (Å²) in [6.07, 6.45) is -0.0752. The Balaban J connectivity index is 1.73. The number of fused-ring (bicyclic) bond motifs is 3. The molecule has 1 aliphatic rings. The average Bonchev–Trinajstić information content (AvgIpc) is 2.79. The van der Waals surface area contributed by atoms with E-state index in [9.17, 15) is 9.90 Å². The molecule has 0 radical (unpaired) electrons. The van der Waals surface area contributed by atoms with Crippen LogP contribution in [0.2, 0.25) is 0 Å². The van der Waals surface area contributed by atoms with Crippen molar-refractivity contribution in [3.05, 3.63) is 111 Å². The van der Waals surface area contributed by atoms with Crippen molar-refractivity contribution in [1.29, 1.82) is 0 Å². The van der Waals surface area contributed by atoms with Gasteiger partial charge in [0.1, 0.15) is 6.10 Å². The van der Waals surface area contributed by atoms with E-state index in [2.05, 4.69) is 29.7 Å². The van der Waals surface area contributed by atoms with E-state index in [0.29, 0.717) is 16.7 Å². The van der Waals surface area contributed by atoms with Crippen LogP contribution in [0.5, 0.6) is 0 Å². The van der Waals surface area contributed by atoms with Crippen LogP contribution in [-0.4, -0.2) is 14.8 Å². The lowest BCUT2D eigenvalue weighted by atomic mass is 9.83. The molecule has 2 N–H and O–H groups in total. The van der Waals surface area contributed by atoms with E-state index in [1.54, 1.807) is 6.07 Å².